The van der Waals surface area contributed by atoms with Crippen molar-refractivity contribution in [2.75, 3.05) is 9.80 Å². The number of fused-ring (bicyclic) bond motifs is 12. The van der Waals surface area contributed by atoms with E-state index in [0.29, 0.717) is 29.6 Å². The number of rotatable bonds is 6. The first-order chi connectivity index (χ1) is 29.0. The molecule has 5 aromatic carbocycles. The number of hydrogen-bond acceptors (Lipinski definition) is 5. The van der Waals surface area contributed by atoms with E-state index in [1.54, 1.807) is 0 Å². The van der Waals surface area contributed by atoms with Crippen LogP contribution in [-0.2, 0) is 6.42 Å². The fourth-order valence-corrected chi connectivity index (χ4v) is 11.1. The highest BCUT2D eigenvalue weighted by Crippen LogP contribution is 2.54. The van der Waals surface area contributed by atoms with Crippen molar-refractivity contribution in [1.82, 2.24) is 9.80 Å². The topological polar surface area (TPSA) is 26.1 Å². The Labute approximate surface area is 357 Å². The van der Waals surface area contributed by atoms with Crippen LogP contribution in [0.4, 0.5) is 11.4 Å². The molecule has 4 aliphatic rings. The van der Waals surface area contributed by atoms with E-state index in [4.69, 9.17) is 11.0 Å². The fraction of sp³-hybridized carbons (Fsp3) is 0.345. The summed E-state index contributed by atoms with van der Waals surface area (Å²) in [5.41, 5.74) is 16.8. The minimum atomic E-state index is -0.0895. The van der Waals surface area contributed by atoms with E-state index in [1.165, 1.54) is 66.7 Å². The Morgan fingerprint density at radius 3 is 1.88 bits per heavy atom. The summed E-state index contributed by atoms with van der Waals surface area (Å²) in [6.45, 7) is 23.6. The Hall–Kier alpha value is -5.68. The first kappa shape index (κ1) is 38.5. The van der Waals surface area contributed by atoms with Gasteiger partial charge in [0.2, 0.25) is 0 Å². The SMILES string of the molecule is C=C1CC2C(CCc3ccccc3C3N1C=CN3c1c(C(C)C)cc(C(C)C)c3oc4ccccc4c13)c1ccccc1C1N(c3c(C(C)C)cccc3C(C)C)C=CN21. The molecule has 0 amide bonds. The van der Waals surface area contributed by atoms with Gasteiger partial charge in [-0.05, 0) is 93.2 Å². The van der Waals surface area contributed by atoms with Crippen molar-refractivity contribution in [3.63, 3.8) is 0 Å². The zero-order chi connectivity index (χ0) is 41.6. The summed E-state index contributed by atoms with van der Waals surface area (Å²) in [4.78, 5) is 10.3. The lowest BCUT2D eigenvalue weighted by atomic mass is 9.76. The van der Waals surface area contributed by atoms with Gasteiger partial charge in [-0.3, -0.25) is 0 Å². The monoisotopic (exact) mass is 792 g/mol. The van der Waals surface area contributed by atoms with Crippen LogP contribution in [0.5, 0.6) is 0 Å². The van der Waals surface area contributed by atoms with E-state index in [1.807, 2.05) is 0 Å². The molecule has 4 unspecified atom stereocenters. The second-order valence-electron chi connectivity index (χ2n) is 18.9. The van der Waals surface area contributed by atoms with Crippen molar-refractivity contribution in [2.24, 2.45) is 0 Å². The molecular weight excluding hydrogens is 733 g/mol. The molecular formula is C55H60N4O. The molecule has 5 nitrogen and oxygen atoms in total. The molecule has 5 heteroatoms. The van der Waals surface area contributed by atoms with Crippen molar-refractivity contribution in [1.29, 1.82) is 0 Å². The summed E-state index contributed by atoms with van der Waals surface area (Å²) < 4.78 is 6.80. The molecule has 10 rings (SSSR count). The van der Waals surface area contributed by atoms with E-state index >= 15 is 0 Å². The van der Waals surface area contributed by atoms with Gasteiger partial charge in [0.1, 0.15) is 23.5 Å². The fourth-order valence-electron chi connectivity index (χ4n) is 11.1. The quantitative estimate of drug-likeness (QED) is 0.167. The molecule has 60 heavy (non-hydrogen) atoms. The van der Waals surface area contributed by atoms with E-state index < -0.39 is 0 Å². The molecule has 1 aromatic heterocycles. The van der Waals surface area contributed by atoms with Crippen LogP contribution in [0.2, 0.25) is 0 Å². The Balaban J connectivity index is 1.12. The molecule has 0 N–H and O–H groups in total. The molecule has 0 saturated carbocycles. The first-order valence-electron chi connectivity index (χ1n) is 22.5. The van der Waals surface area contributed by atoms with Crippen LogP contribution in [0.1, 0.15) is 155 Å². The third kappa shape index (κ3) is 5.94. The van der Waals surface area contributed by atoms with Crippen LogP contribution in [0, 0.1) is 0 Å². The Morgan fingerprint density at radius 2 is 1.17 bits per heavy atom. The molecule has 5 heterocycles. The lowest BCUT2D eigenvalue weighted by molar-refractivity contribution is 0.156. The number of hydrogen-bond donors (Lipinski definition) is 0. The molecule has 306 valence electrons. The average Bonchev–Trinajstić information content (AvgIpc) is 3.98. The zero-order valence-electron chi connectivity index (χ0n) is 36.7. The van der Waals surface area contributed by atoms with Crippen molar-refractivity contribution in [3.05, 3.63) is 179 Å². The molecule has 4 atom stereocenters. The predicted octanol–water partition coefficient (Wildman–Crippen LogP) is 14.7. The lowest BCUT2D eigenvalue weighted by Crippen LogP contribution is -2.47. The van der Waals surface area contributed by atoms with Crippen LogP contribution in [0.3, 0.4) is 0 Å². The number of nitrogens with zero attached hydrogens (tertiary/aromatic N) is 4. The van der Waals surface area contributed by atoms with E-state index in [0.717, 1.165) is 36.1 Å². The van der Waals surface area contributed by atoms with Gasteiger partial charge in [0, 0.05) is 60.0 Å². The Bertz CT molecular complexity index is 2670. The smallest absolute Gasteiger partial charge is 0.140 e. The van der Waals surface area contributed by atoms with Crippen LogP contribution in [0.15, 0.2) is 139 Å². The van der Waals surface area contributed by atoms with Gasteiger partial charge in [0.15, 0.2) is 0 Å². The highest BCUT2D eigenvalue weighted by Gasteiger charge is 2.47. The Morgan fingerprint density at radius 1 is 0.567 bits per heavy atom. The third-order valence-corrected chi connectivity index (χ3v) is 14.0. The summed E-state index contributed by atoms with van der Waals surface area (Å²) in [5, 5.41) is 2.38. The number of furan rings is 1. The average molecular weight is 793 g/mol. The van der Waals surface area contributed by atoms with Gasteiger partial charge in [-0.15, -0.1) is 0 Å². The maximum absolute atomic E-state index is 6.80. The van der Waals surface area contributed by atoms with Gasteiger partial charge in [0.25, 0.3) is 0 Å². The molecule has 0 spiro atoms. The Kier molecular flexibility index (Phi) is 9.50. The van der Waals surface area contributed by atoms with Crippen molar-refractivity contribution in [2.45, 2.75) is 123 Å². The minimum Gasteiger partial charge on any atom is -0.456 e. The molecule has 0 bridgehead atoms. The second-order valence-corrected chi connectivity index (χ2v) is 18.9. The van der Waals surface area contributed by atoms with Gasteiger partial charge in [-0.2, -0.15) is 0 Å². The van der Waals surface area contributed by atoms with Crippen LogP contribution in [0.25, 0.3) is 21.9 Å². The highest BCUT2D eigenvalue weighted by atomic mass is 16.3. The van der Waals surface area contributed by atoms with Crippen LogP contribution < -0.4 is 9.80 Å². The van der Waals surface area contributed by atoms with Gasteiger partial charge in [-0.25, -0.2) is 0 Å². The highest BCUT2D eigenvalue weighted by molar-refractivity contribution is 6.14. The van der Waals surface area contributed by atoms with Crippen molar-refractivity contribution < 1.29 is 4.42 Å². The maximum Gasteiger partial charge on any atom is 0.140 e. The summed E-state index contributed by atoms with van der Waals surface area (Å²) in [6.07, 6.45) is 12.3. The summed E-state index contributed by atoms with van der Waals surface area (Å²) in [7, 11) is 0. The van der Waals surface area contributed by atoms with E-state index in [2.05, 4.69) is 197 Å². The van der Waals surface area contributed by atoms with Crippen molar-refractivity contribution in [3.8, 4) is 0 Å². The van der Waals surface area contributed by atoms with Gasteiger partial charge < -0.3 is 24.0 Å². The normalized spacial score (nSPS) is 21.2. The standard InChI is InChI=1S/C55H60N4O/c1-33(2)39-22-16-23-40(34(3)4)51(39)58-30-28-57-48-31-37(9)56-27-29-59(52-46(35(5)6)32-47(36(7)8)53-50(52)45-21-14-15-24-49(45)60-53)54(56)41-18-11-10-17-38(41)25-26-43(48)42-19-12-13-20-44(42)55(57)58/h10-24,27-30,32-36,43,48,54-55H,9,25-26,31H2,1-8H3. The van der Waals surface area contributed by atoms with E-state index in [-0.39, 0.29) is 18.4 Å². The molecule has 0 aliphatic carbocycles. The zero-order valence-corrected chi connectivity index (χ0v) is 36.7. The molecule has 0 saturated heterocycles. The van der Waals surface area contributed by atoms with Gasteiger partial charge in [0.05, 0.1) is 11.1 Å². The number of anilines is 2. The summed E-state index contributed by atoms with van der Waals surface area (Å²) in [6, 6.07) is 36.7. The largest absolute Gasteiger partial charge is 0.456 e. The first-order valence-corrected chi connectivity index (χ1v) is 22.5. The number of benzene rings is 5. The van der Waals surface area contributed by atoms with E-state index in [9.17, 15) is 0 Å². The van der Waals surface area contributed by atoms with Crippen molar-refractivity contribution >= 4 is 33.3 Å². The third-order valence-electron chi connectivity index (χ3n) is 14.0. The molecule has 4 aliphatic heterocycles. The minimum absolute atomic E-state index is 0.0695. The van der Waals surface area contributed by atoms with Crippen LogP contribution in [-0.4, -0.2) is 15.8 Å². The van der Waals surface area contributed by atoms with Gasteiger partial charge >= 0.3 is 0 Å². The second kappa shape index (κ2) is 14.8. The molecule has 6 aromatic rings. The summed E-state index contributed by atoms with van der Waals surface area (Å²) in [5.74, 6) is 1.77. The number of para-hydroxylation sites is 2. The predicted molar refractivity (Wildman–Crippen MR) is 250 cm³/mol. The summed E-state index contributed by atoms with van der Waals surface area (Å²) >= 11 is 0. The number of aryl methyl sites for hydroxylation is 1. The van der Waals surface area contributed by atoms with Crippen LogP contribution >= 0.6 is 0 Å². The van der Waals surface area contributed by atoms with Gasteiger partial charge in [-0.1, -0.05) is 147 Å². The molecule has 0 radical (unpaired) electrons. The maximum atomic E-state index is 6.80. The lowest BCUT2D eigenvalue weighted by Gasteiger charge is -2.49. The molecule has 0 fully saturated rings.